The van der Waals surface area contributed by atoms with E-state index in [9.17, 15) is 26.9 Å². The SMILES string of the molecule is COC(=O)c1c(C(=O)OC)[n+](Cc2ccccc2)cc2ccccc12.F[B-](F)(F)F. The van der Waals surface area contributed by atoms with Crippen molar-refractivity contribution in [3.8, 4) is 0 Å². The zero-order chi connectivity index (χ0) is 22.3. The topological polar surface area (TPSA) is 56.5 Å². The number of aromatic nitrogens is 1. The first-order valence-corrected chi connectivity index (χ1v) is 8.68. The highest BCUT2D eigenvalue weighted by molar-refractivity contribution is 6.50. The van der Waals surface area contributed by atoms with E-state index in [0.717, 1.165) is 10.9 Å². The van der Waals surface area contributed by atoms with Crippen molar-refractivity contribution in [2.24, 2.45) is 0 Å². The van der Waals surface area contributed by atoms with Gasteiger partial charge in [0.2, 0.25) is 0 Å². The third-order valence-electron chi connectivity index (χ3n) is 4.01. The van der Waals surface area contributed by atoms with Crippen LogP contribution in [0.5, 0.6) is 0 Å². The van der Waals surface area contributed by atoms with Crippen LogP contribution in [0.25, 0.3) is 10.8 Å². The van der Waals surface area contributed by atoms with Gasteiger partial charge in [-0.2, -0.15) is 4.57 Å². The number of hydrogen-bond donors (Lipinski definition) is 0. The molecular weight excluding hydrogens is 405 g/mol. The van der Waals surface area contributed by atoms with Gasteiger partial charge in [-0.05, 0) is 6.07 Å². The van der Waals surface area contributed by atoms with E-state index in [1.165, 1.54) is 14.2 Å². The number of carbonyl (C=O) groups excluding carboxylic acids is 2. The summed E-state index contributed by atoms with van der Waals surface area (Å²) in [5.41, 5.74) is 1.39. The van der Waals surface area contributed by atoms with Gasteiger partial charge in [-0.1, -0.05) is 48.5 Å². The van der Waals surface area contributed by atoms with Crippen LogP contribution in [0, 0.1) is 0 Å². The number of halogens is 4. The second kappa shape index (κ2) is 9.86. The van der Waals surface area contributed by atoms with Crippen molar-refractivity contribution in [2.75, 3.05) is 14.2 Å². The summed E-state index contributed by atoms with van der Waals surface area (Å²) >= 11 is 0. The Morgan fingerprint density at radius 1 is 0.867 bits per heavy atom. The van der Waals surface area contributed by atoms with Crippen LogP contribution in [0.3, 0.4) is 0 Å². The number of methoxy groups -OCH3 is 2. The molecule has 0 aliphatic carbocycles. The summed E-state index contributed by atoms with van der Waals surface area (Å²) in [6, 6.07) is 17.1. The van der Waals surface area contributed by atoms with E-state index in [0.29, 0.717) is 11.9 Å². The van der Waals surface area contributed by atoms with Crippen molar-refractivity contribution in [2.45, 2.75) is 6.54 Å². The summed E-state index contributed by atoms with van der Waals surface area (Å²) in [5, 5.41) is 1.49. The molecule has 0 spiro atoms. The van der Waals surface area contributed by atoms with Crippen molar-refractivity contribution in [1.82, 2.24) is 0 Å². The van der Waals surface area contributed by atoms with E-state index in [-0.39, 0.29) is 11.3 Å². The molecule has 1 aromatic heterocycles. The summed E-state index contributed by atoms with van der Waals surface area (Å²) < 4.78 is 50.6. The van der Waals surface area contributed by atoms with Gasteiger partial charge in [-0.15, -0.1) is 0 Å². The number of nitrogens with zero attached hydrogens (tertiary/aromatic N) is 1. The number of pyridine rings is 1. The van der Waals surface area contributed by atoms with Crippen molar-refractivity contribution < 1.29 is 40.9 Å². The Hall–Kier alpha value is -3.43. The number of hydrogen-bond acceptors (Lipinski definition) is 4. The fraction of sp³-hybridized carbons (Fsp3) is 0.150. The second-order valence-corrected chi connectivity index (χ2v) is 6.03. The molecule has 0 saturated heterocycles. The lowest BCUT2D eigenvalue weighted by Gasteiger charge is -2.10. The number of esters is 2. The van der Waals surface area contributed by atoms with Gasteiger partial charge in [0.1, 0.15) is 5.56 Å². The van der Waals surface area contributed by atoms with Gasteiger partial charge < -0.3 is 26.7 Å². The molecule has 0 aliphatic rings. The summed E-state index contributed by atoms with van der Waals surface area (Å²) in [5.74, 6) is -1.15. The lowest BCUT2D eigenvalue weighted by molar-refractivity contribution is -0.689. The zero-order valence-electron chi connectivity index (χ0n) is 16.2. The van der Waals surface area contributed by atoms with Crippen molar-refractivity contribution in [3.05, 3.63) is 77.6 Å². The zero-order valence-corrected chi connectivity index (χ0v) is 16.2. The Morgan fingerprint density at radius 2 is 1.40 bits per heavy atom. The standard InChI is InChI=1S/C20H18NO4.BF4/c1-24-19(22)17-16-11-7-6-10-15(16)13-21(18(17)20(23)25-2)12-14-8-4-3-5-9-14;2-1(3,4)5/h3-11,13H,12H2,1-2H3;/q+1;-1. The minimum atomic E-state index is -6.00. The molecule has 158 valence electrons. The fourth-order valence-electron chi connectivity index (χ4n) is 2.87. The molecule has 0 saturated carbocycles. The Bertz CT molecular complexity index is 1040. The summed E-state index contributed by atoms with van der Waals surface area (Å²) in [4.78, 5) is 24.9. The van der Waals surface area contributed by atoms with Crippen LogP contribution in [-0.4, -0.2) is 33.4 Å². The third-order valence-corrected chi connectivity index (χ3v) is 4.01. The van der Waals surface area contributed by atoms with Crippen LogP contribution in [0.2, 0.25) is 0 Å². The maximum Gasteiger partial charge on any atom is 0.673 e. The minimum absolute atomic E-state index is 0.178. The van der Waals surface area contributed by atoms with Gasteiger partial charge in [0.25, 0.3) is 0 Å². The maximum atomic E-state index is 12.5. The van der Waals surface area contributed by atoms with Gasteiger partial charge in [0.05, 0.1) is 14.2 Å². The van der Waals surface area contributed by atoms with E-state index in [2.05, 4.69) is 0 Å². The second-order valence-electron chi connectivity index (χ2n) is 6.03. The maximum absolute atomic E-state index is 12.5. The smallest absolute Gasteiger partial charge is 0.465 e. The Balaban J connectivity index is 0.000000575. The third kappa shape index (κ3) is 6.03. The molecule has 10 heteroatoms. The molecule has 1 heterocycles. The summed E-state index contributed by atoms with van der Waals surface area (Å²) in [6.45, 7) is 0.431. The summed E-state index contributed by atoms with van der Waals surface area (Å²) in [7, 11) is -3.40. The molecule has 0 radical (unpaired) electrons. The molecule has 5 nitrogen and oxygen atoms in total. The van der Waals surface area contributed by atoms with Crippen LogP contribution >= 0.6 is 0 Å². The highest BCUT2D eigenvalue weighted by Gasteiger charge is 2.32. The van der Waals surface area contributed by atoms with E-state index < -0.39 is 19.2 Å². The highest BCUT2D eigenvalue weighted by atomic mass is 19.5. The molecule has 0 N–H and O–H groups in total. The molecule has 3 aromatic rings. The van der Waals surface area contributed by atoms with Gasteiger partial charge in [-0.25, -0.2) is 9.59 Å². The van der Waals surface area contributed by atoms with E-state index >= 15 is 0 Å². The molecule has 3 rings (SSSR count). The van der Waals surface area contributed by atoms with E-state index in [4.69, 9.17) is 9.47 Å². The normalized spacial score (nSPS) is 10.7. The predicted molar refractivity (Wildman–Crippen MR) is 103 cm³/mol. The molecule has 0 atom stereocenters. The lowest BCUT2D eigenvalue weighted by atomic mass is 10.0. The number of benzene rings is 2. The largest absolute Gasteiger partial charge is 0.673 e. The van der Waals surface area contributed by atoms with E-state index in [1.807, 2.05) is 54.7 Å². The Labute approximate surface area is 169 Å². The monoisotopic (exact) mass is 423 g/mol. The molecule has 2 aromatic carbocycles. The predicted octanol–water partition coefficient (Wildman–Crippen LogP) is 4.05. The van der Waals surface area contributed by atoms with Crippen molar-refractivity contribution >= 4 is 30.0 Å². The quantitative estimate of drug-likeness (QED) is 0.275. The average Bonchev–Trinajstić information content (AvgIpc) is 2.71. The summed E-state index contributed by atoms with van der Waals surface area (Å²) in [6.07, 6.45) is 1.85. The molecule has 30 heavy (non-hydrogen) atoms. The van der Waals surface area contributed by atoms with Gasteiger partial charge in [0.15, 0.2) is 12.7 Å². The molecule has 0 fully saturated rings. The average molecular weight is 423 g/mol. The first-order chi connectivity index (χ1) is 14.2. The number of rotatable bonds is 4. The first-order valence-electron chi connectivity index (χ1n) is 8.68. The molecule has 0 unspecified atom stereocenters. The van der Waals surface area contributed by atoms with Gasteiger partial charge in [-0.3, -0.25) is 0 Å². The Kier molecular flexibility index (Phi) is 7.51. The Morgan fingerprint density at radius 3 is 1.97 bits per heavy atom. The van der Waals surface area contributed by atoms with Crippen LogP contribution in [0.1, 0.15) is 26.4 Å². The lowest BCUT2D eigenvalue weighted by Crippen LogP contribution is -2.43. The number of fused-ring (bicyclic) bond motifs is 1. The minimum Gasteiger partial charge on any atom is -0.465 e. The van der Waals surface area contributed by atoms with Crippen LogP contribution in [0.4, 0.5) is 17.3 Å². The van der Waals surface area contributed by atoms with Gasteiger partial charge >= 0.3 is 24.9 Å². The fourth-order valence-corrected chi connectivity index (χ4v) is 2.87. The van der Waals surface area contributed by atoms with Crippen LogP contribution in [0.15, 0.2) is 60.8 Å². The molecule has 0 bridgehead atoms. The van der Waals surface area contributed by atoms with Crippen molar-refractivity contribution in [3.63, 3.8) is 0 Å². The van der Waals surface area contributed by atoms with E-state index in [1.54, 1.807) is 10.6 Å². The molecule has 0 amide bonds. The van der Waals surface area contributed by atoms with Crippen LogP contribution in [-0.2, 0) is 16.0 Å². The van der Waals surface area contributed by atoms with Gasteiger partial charge in [0, 0.05) is 16.3 Å². The highest BCUT2D eigenvalue weighted by Crippen LogP contribution is 2.22. The number of ether oxygens (including phenoxy) is 2. The number of carbonyl (C=O) groups is 2. The molecule has 0 aliphatic heterocycles. The first kappa shape index (κ1) is 22.9. The molecular formula is C20H18BF4NO4. The van der Waals surface area contributed by atoms with Crippen molar-refractivity contribution in [1.29, 1.82) is 0 Å². The van der Waals surface area contributed by atoms with Crippen LogP contribution < -0.4 is 4.57 Å².